The fourth-order valence-electron chi connectivity index (χ4n) is 7.47. The third kappa shape index (κ3) is 6.42. The molecule has 0 saturated carbocycles. The van der Waals surface area contributed by atoms with Gasteiger partial charge in [0.05, 0.1) is 5.69 Å². The Morgan fingerprint density at radius 1 is 0.245 bits per heavy atom. The van der Waals surface area contributed by atoms with E-state index in [0.717, 1.165) is 17.1 Å². The maximum atomic E-state index is 2.40. The number of anilines is 3. The fraction of sp³-hybridized carbons (Fsp3) is 0. The van der Waals surface area contributed by atoms with Crippen LogP contribution in [0.25, 0.3) is 66.4 Å². The fourth-order valence-corrected chi connectivity index (χ4v) is 7.47. The molecular weight excluding hydrogens is 639 g/mol. The zero-order chi connectivity index (χ0) is 35.4. The second-order valence-electron chi connectivity index (χ2n) is 13.3. The Balaban J connectivity index is 1.15. The SMILES string of the molecule is c1ccc(-c2ccccc2-c2c(-c3ccccc3)cccc2N(c2ccccc2)c2ccc(-c3ccc(-c4ccc5ccccc5c4)cc3)cc2)cc1. The summed E-state index contributed by atoms with van der Waals surface area (Å²) in [5.41, 5.74) is 15.3. The first-order chi connectivity index (χ1) is 26.3. The first-order valence-corrected chi connectivity index (χ1v) is 18.2. The van der Waals surface area contributed by atoms with E-state index in [-0.39, 0.29) is 0 Å². The Labute approximate surface area is 311 Å². The number of benzene rings is 9. The van der Waals surface area contributed by atoms with E-state index >= 15 is 0 Å². The van der Waals surface area contributed by atoms with Gasteiger partial charge in [0.1, 0.15) is 0 Å². The molecule has 0 N–H and O–H groups in total. The number of hydrogen-bond donors (Lipinski definition) is 0. The lowest BCUT2D eigenvalue weighted by Crippen LogP contribution is -2.12. The van der Waals surface area contributed by atoms with Gasteiger partial charge in [0.25, 0.3) is 0 Å². The Morgan fingerprint density at radius 3 is 1.36 bits per heavy atom. The van der Waals surface area contributed by atoms with Crippen molar-refractivity contribution in [1.29, 1.82) is 0 Å². The van der Waals surface area contributed by atoms with Crippen molar-refractivity contribution >= 4 is 27.8 Å². The summed E-state index contributed by atoms with van der Waals surface area (Å²) in [6, 6.07) is 80.8. The van der Waals surface area contributed by atoms with Gasteiger partial charge in [-0.2, -0.15) is 0 Å². The molecule has 1 nitrogen and oxygen atoms in total. The standard InChI is InChI=1S/C52H37N/c1-4-16-42(17-5-1)48-23-12-13-24-50(48)52-49(43-18-6-2-7-19-43)25-14-26-51(52)53(46-21-8-3-9-22-46)47-35-33-40(34-36-47)39-27-29-41(30-28-39)45-32-31-38-15-10-11-20-44(38)37-45/h1-37H. The molecule has 1 heteroatoms. The molecule has 0 unspecified atom stereocenters. The van der Waals surface area contributed by atoms with E-state index in [1.165, 1.54) is 66.4 Å². The smallest absolute Gasteiger partial charge is 0.0546 e. The minimum atomic E-state index is 1.09. The molecule has 9 rings (SSSR count). The van der Waals surface area contributed by atoms with Crippen LogP contribution in [0, 0.1) is 0 Å². The summed E-state index contributed by atoms with van der Waals surface area (Å²) in [5.74, 6) is 0. The number of fused-ring (bicyclic) bond motifs is 1. The summed E-state index contributed by atoms with van der Waals surface area (Å²) in [7, 11) is 0. The Bertz CT molecular complexity index is 2630. The molecule has 0 amide bonds. The molecule has 0 heterocycles. The van der Waals surface area contributed by atoms with Crippen LogP contribution in [0.15, 0.2) is 224 Å². The zero-order valence-electron chi connectivity index (χ0n) is 29.3. The van der Waals surface area contributed by atoms with Gasteiger partial charge >= 0.3 is 0 Å². The van der Waals surface area contributed by atoms with Crippen LogP contribution in [0.3, 0.4) is 0 Å². The summed E-state index contributed by atoms with van der Waals surface area (Å²) in [5, 5.41) is 2.52. The van der Waals surface area contributed by atoms with Gasteiger partial charge in [-0.3, -0.25) is 0 Å². The summed E-state index contributed by atoms with van der Waals surface area (Å²) >= 11 is 0. The number of para-hydroxylation sites is 1. The third-order valence-corrected chi connectivity index (χ3v) is 10.1. The van der Waals surface area contributed by atoms with E-state index in [1.807, 2.05) is 0 Å². The van der Waals surface area contributed by atoms with Gasteiger partial charge in [0, 0.05) is 16.9 Å². The van der Waals surface area contributed by atoms with Crippen molar-refractivity contribution in [3.05, 3.63) is 224 Å². The lowest BCUT2D eigenvalue weighted by atomic mass is 9.87. The second kappa shape index (κ2) is 14.3. The van der Waals surface area contributed by atoms with E-state index in [2.05, 4.69) is 229 Å². The second-order valence-corrected chi connectivity index (χ2v) is 13.3. The first-order valence-electron chi connectivity index (χ1n) is 18.2. The molecule has 0 aliphatic carbocycles. The lowest BCUT2D eigenvalue weighted by molar-refractivity contribution is 1.28. The topological polar surface area (TPSA) is 3.24 Å². The van der Waals surface area contributed by atoms with E-state index in [4.69, 9.17) is 0 Å². The van der Waals surface area contributed by atoms with Crippen molar-refractivity contribution in [2.24, 2.45) is 0 Å². The molecule has 53 heavy (non-hydrogen) atoms. The number of hydrogen-bond acceptors (Lipinski definition) is 1. The Kier molecular flexibility index (Phi) is 8.66. The summed E-state index contributed by atoms with van der Waals surface area (Å²) in [6.45, 7) is 0. The van der Waals surface area contributed by atoms with Crippen molar-refractivity contribution in [2.45, 2.75) is 0 Å². The van der Waals surface area contributed by atoms with Crippen molar-refractivity contribution in [1.82, 2.24) is 0 Å². The van der Waals surface area contributed by atoms with Gasteiger partial charge in [0.2, 0.25) is 0 Å². The molecule has 9 aromatic rings. The van der Waals surface area contributed by atoms with Gasteiger partial charge in [-0.15, -0.1) is 0 Å². The average Bonchev–Trinajstić information content (AvgIpc) is 3.25. The van der Waals surface area contributed by atoms with Crippen LogP contribution >= 0.6 is 0 Å². The average molecular weight is 676 g/mol. The van der Waals surface area contributed by atoms with E-state index in [1.54, 1.807) is 0 Å². The monoisotopic (exact) mass is 675 g/mol. The molecular formula is C52H37N. The van der Waals surface area contributed by atoms with Gasteiger partial charge in [-0.05, 0) is 97.2 Å². The highest BCUT2D eigenvalue weighted by Crippen LogP contribution is 2.48. The molecule has 0 spiro atoms. The van der Waals surface area contributed by atoms with Crippen LogP contribution in [-0.4, -0.2) is 0 Å². The van der Waals surface area contributed by atoms with Crippen LogP contribution in [0.2, 0.25) is 0 Å². The summed E-state index contributed by atoms with van der Waals surface area (Å²) < 4.78 is 0. The predicted octanol–water partition coefficient (Wildman–Crippen LogP) is 14.6. The Morgan fingerprint density at radius 2 is 0.698 bits per heavy atom. The molecule has 250 valence electrons. The summed E-state index contributed by atoms with van der Waals surface area (Å²) in [6.07, 6.45) is 0. The molecule has 0 atom stereocenters. The van der Waals surface area contributed by atoms with Gasteiger partial charge in [-0.25, -0.2) is 0 Å². The first kappa shape index (κ1) is 32.0. The quantitative estimate of drug-likeness (QED) is 0.155. The highest BCUT2D eigenvalue weighted by atomic mass is 15.1. The normalized spacial score (nSPS) is 11.0. The van der Waals surface area contributed by atoms with Gasteiger partial charge < -0.3 is 4.90 Å². The molecule has 0 fully saturated rings. The summed E-state index contributed by atoms with van der Waals surface area (Å²) in [4.78, 5) is 2.40. The molecule has 0 aromatic heterocycles. The molecule has 0 saturated heterocycles. The van der Waals surface area contributed by atoms with Crippen LogP contribution in [-0.2, 0) is 0 Å². The molecule has 0 aliphatic heterocycles. The molecule has 9 aromatic carbocycles. The highest BCUT2D eigenvalue weighted by Gasteiger charge is 2.22. The largest absolute Gasteiger partial charge is 0.310 e. The predicted molar refractivity (Wildman–Crippen MR) is 226 cm³/mol. The van der Waals surface area contributed by atoms with Crippen LogP contribution in [0.1, 0.15) is 0 Å². The number of nitrogens with zero attached hydrogens (tertiary/aromatic N) is 1. The molecule has 0 aliphatic rings. The van der Waals surface area contributed by atoms with Gasteiger partial charge in [-0.1, -0.05) is 188 Å². The highest BCUT2D eigenvalue weighted by molar-refractivity contribution is 6.01. The minimum Gasteiger partial charge on any atom is -0.310 e. The maximum Gasteiger partial charge on any atom is 0.0546 e. The van der Waals surface area contributed by atoms with Gasteiger partial charge in [0.15, 0.2) is 0 Å². The van der Waals surface area contributed by atoms with Crippen molar-refractivity contribution in [3.63, 3.8) is 0 Å². The van der Waals surface area contributed by atoms with E-state index < -0.39 is 0 Å². The zero-order valence-corrected chi connectivity index (χ0v) is 29.3. The van der Waals surface area contributed by atoms with E-state index in [0.29, 0.717) is 0 Å². The van der Waals surface area contributed by atoms with Crippen LogP contribution in [0.5, 0.6) is 0 Å². The lowest BCUT2D eigenvalue weighted by Gasteiger charge is -2.30. The molecule has 0 radical (unpaired) electrons. The maximum absolute atomic E-state index is 2.40. The molecule has 0 bridgehead atoms. The minimum absolute atomic E-state index is 1.09. The number of rotatable bonds is 8. The van der Waals surface area contributed by atoms with Crippen LogP contribution < -0.4 is 4.90 Å². The van der Waals surface area contributed by atoms with E-state index in [9.17, 15) is 0 Å². The van der Waals surface area contributed by atoms with Crippen molar-refractivity contribution in [3.8, 4) is 55.6 Å². The third-order valence-electron chi connectivity index (χ3n) is 10.1. The van der Waals surface area contributed by atoms with Crippen molar-refractivity contribution < 1.29 is 0 Å². The van der Waals surface area contributed by atoms with Crippen LogP contribution in [0.4, 0.5) is 17.1 Å². The Hall–Kier alpha value is -6.96. The van der Waals surface area contributed by atoms with Crippen molar-refractivity contribution in [2.75, 3.05) is 4.90 Å².